The summed E-state index contributed by atoms with van der Waals surface area (Å²) in [6.45, 7) is 1.79. The molecule has 0 aromatic carbocycles. The lowest BCUT2D eigenvalue weighted by atomic mass is 10.0. The molecule has 0 radical (unpaired) electrons. The number of amides is 1. The van der Waals surface area contributed by atoms with Crippen LogP contribution in [0.4, 0.5) is 0 Å². The molecular weight excluding hydrogens is 320 g/mol. The molecule has 0 unspecified atom stereocenters. The zero-order valence-electron chi connectivity index (χ0n) is 13.4. The standard InChI is InChI=1S/C15H24N2O5S/c1-23(19,20)17-9-3-2-7-14(17)15(18)16-8-5-10-21-12-13-6-4-11-22-13/h4,6,11,14H,2-3,5,7-10,12H2,1H3,(H,16,18)/t14-/m1/s1. The average molecular weight is 344 g/mol. The number of piperidine rings is 1. The number of carbonyl (C=O) groups is 1. The molecule has 2 heterocycles. The molecule has 0 aliphatic carbocycles. The van der Waals surface area contributed by atoms with Gasteiger partial charge in [-0.3, -0.25) is 4.79 Å². The van der Waals surface area contributed by atoms with Crippen LogP contribution < -0.4 is 5.32 Å². The summed E-state index contributed by atoms with van der Waals surface area (Å²) in [6, 6.07) is 3.06. The van der Waals surface area contributed by atoms with Crippen LogP contribution in [0.3, 0.4) is 0 Å². The van der Waals surface area contributed by atoms with Crippen molar-refractivity contribution < 1.29 is 22.4 Å². The minimum Gasteiger partial charge on any atom is -0.467 e. The van der Waals surface area contributed by atoms with Gasteiger partial charge in [0.2, 0.25) is 15.9 Å². The van der Waals surface area contributed by atoms with Gasteiger partial charge in [-0.25, -0.2) is 8.42 Å². The third-order valence-corrected chi connectivity index (χ3v) is 5.06. The predicted octanol–water partition coefficient (Wildman–Crippen LogP) is 1.12. The second-order valence-electron chi connectivity index (χ2n) is 5.66. The molecule has 1 amide bonds. The van der Waals surface area contributed by atoms with Crippen LogP contribution in [0.25, 0.3) is 0 Å². The van der Waals surface area contributed by atoms with Crippen molar-refractivity contribution >= 4 is 15.9 Å². The zero-order valence-corrected chi connectivity index (χ0v) is 14.2. The fourth-order valence-electron chi connectivity index (χ4n) is 2.64. The molecule has 1 N–H and O–H groups in total. The Bertz CT molecular complexity index is 585. The lowest BCUT2D eigenvalue weighted by Gasteiger charge is -2.32. The number of rotatable bonds is 8. The van der Waals surface area contributed by atoms with E-state index in [0.29, 0.717) is 39.1 Å². The third-order valence-electron chi connectivity index (χ3n) is 3.77. The Labute approximate surface area is 137 Å². The number of furan rings is 1. The van der Waals surface area contributed by atoms with Crippen LogP contribution in [0.15, 0.2) is 22.8 Å². The van der Waals surface area contributed by atoms with E-state index in [-0.39, 0.29) is 5.91 Å². The van der Waals surface area contributed by atoms with Crippen molar-refractivity contribution in [1.82, 2.24) is 9.62 Å². The third kappa shape index (κ3) is 5.63. The van der Waals surface area contributed by atoms with Crippen LogP contribution in [-0.2, 0) is 26.2 Å². The SMILES string of the molecule is CS(=O)(=O)N1CCCC[C@@H]1C(=O)NCCCOCc1ccco1. The van der Waals surface area contributed by atoms with Crippen molar-refractivity contribution in [3.8, 4) is 0 Å². The van der Waals surface area contributed by atoms with Crippen molar-refractivity contribution in [3.05, 3.63) is 24.2 Å². The highest BCUT2D eigenvalue weighted by molar-refractivity contribution is 7.88. The van der Waals surface area contributed by atoms with Crippen LogP contribution in [0.1, 0.15) is 31.4 Å². The highest BCUT2D eigenvalue weighted by atomic mass is 32.2. The van der Waals surface area contributed by atoms with E-state index in [2.05, 4.69) is 5.32 Å². The van der Waals surface area contributed by atoms with E-state index in [0.717, 1.165) is 24.9 Å². The lowest BCUT2D eigenvalue weighted by Crippen LogP contribution is -2.51. The maximum Gasteiger partial charge on any atom is 0.238 e. The summed E-state index contributed by atoms with van der Waals surface area (Å²) in [7, 11) is -3.35. The molecule has 1 aromatic heterocycles. The Morgan fingerprint density at radius 1 is 1.48 bits per heavy atom. The molecule has 1 aromatic rings. The molecule has 0 bridgehead atoms. The van der Waals surface area contributed by atoms with E-state index in [9.17, 15) is 13.2 Å². The molecule has 1 saturated heterocycles. The zero-order chi connectivity index (χ0) is 16.7. The Kier molecular flexibility index (Phi) is 6.61. The van der Waals surface area contributed by atoms with Crippen molar-refractivity contribution in [1.29, 1.82) is 0 Å². The van der Waals surface area contributed by atoms with Gasteiger partial charge in [-0.1, -0.05) is 6.42 Å². The summed E-state index contributed by atoms with van der Waals surface area (Å²) in [5.41, 5.74) is 0. The molecule has 0 saturated carbocycles. The molecule has 1 aliphatic heterocycles. The highest BCUT2D eigenvalue weighted by Crippen LogP contribution is 2.19. The molecule has 1 fully saturated rings. The first-order valence-corrected chi connectivity index (χ1v) is 9.68. The van der Waals surface area contributed by atoms with E-state index in [1.807, 2.05) is 6.07 Å². The Hall–Kier alpha value is -1.38. The second kappa shape index (κ2) is 8.47. The average Bonchev–Trinajstić information content (AvgIpc) is 3.03. The molecule has 1 aliphatic rings. The summed E-state index contributed by atoms with van der Waals surface area (Å²) >= 11 is 0. The van der Waals surface area contributed by atoms with Gasteiger partial charge in [0.15, 0.2) is 0 Å². The van der Waals surface area contributed by atoms with E-state index in [4.69, 9.17) is 9.15 Å². The van der Waals surface area contributed by atoms with Crippen molar-refractivity contribution in [2.75, 3.05) is 26.0 Å². The van der Waals surface area contributed by atoms with E-state index < -0.39 is 16.1 Å². The quantitative estimate of drug-likeness (QED) is 0.714. The fourth-order valence-corrected chi connectivity index (χ4v) is 3.76. The van der Waals surface area contributed by atoms with Crippen molar-refractivity contribution in [2.45, 2.75) is 38.3 Å². The summed E-state index contributed by atoms with van der Waals surface area (Å²) < 4.78 is 35.4. The van der Waals surface area contributed by atoms with Crippen LogP contribution in [0, 0.1) is 0 Å². The largest absolute Gasteiger partial charge is 0.467 e. The van der Waals surface area contributed by atoms with Gasteiger partial charge in [-0.05, 0) is 31.4 Å². The van der Waals surface area contributed by atoms with Crippen LogP contribution in [-0.4, -0.2) is 50.6 Å². The molecule has 7 nitrogen and oxygen atoms in total. The van der Waals surface area contributed by atoms with Crippen LogP contribution in [0.2, 0.25) is 0 Å². The van der Waals surface area contributed by atoms with Crippen molar-refractivity contribution in [3.63, 3.8) is 0 Å². The molecule has 23 heavy (non-hydrogen) atoms. The number of sulfonamides is 1. The number of hydrogen-bond acceptors (Lipinski definition) is 5. The Balaban J connectivity index is 1.67. The van der Waals surface area contributed by atoms with Gasteiger partial charge in [0.1, 0.15) is 18.4 Å². The van der Waals surface area contributed by atoms with Gasteiger partial charge in [0.05, 0.1) is 12.5 Å². The first-order valence-electron chi connectivity index (χ1n) is 7.83. The molecule has 2 rings (SSSR count). The maximum absolute atomic E-state index is 12.2. The normalized spacial score (nSPS) is 19.6. The Morgan fingerprint density at radius 3 is 3.00 bits per heavy atom. The van der Waals surface area contributed by atoms with Gasteiger partial charge >= 0.3 is 0 Å². The minimum atomic E-state index is -3.35. The number of carbonyl (C=O) groups excluding carboxylic acids is 1. The molecule has 1 atom stereocenters. The summed E-state index contributed by atoms with van der Waals surface area (Å²) in [5, 5.41) is 2.80. The monoisotopic (exact) mass is 344 g/mol. The first kappa shape index (κ1) is 18.0. The van der Waals surface area contributed by atoms with E-state index in [1.165, 1.54) is 4.31 Å². The topological polar surface area (TPSA) is 88.9 Å². The number of ether oxygens (including phenoxy) is 1. The number of nitrogens with zero attached hydrogens (tertiary/aromatic N) is 1. The second-order valence-corrected chi connectivity index (χ2v) is 7.60. The van der Waals surface area contributed by atoms with E-state index >= 15 is 0 Å². The predicted molar refractivity (Wildman–Crippen MR) is 85.2 cm³/mol. The molecular formula is C15H24N2O5S. The van der Waals surface area contributed by atoms with Gasteiger partial charge in [-0.2, -0.15) is 4.31 Å². The number of hydrogen-bond donors (Lipinski definition) is 1. The fraction of sp³-hybridized carbons (Fsp3) is 0.667. The maximum atomic E-state index is 12.2. The lowest BCUT2D eigenvalue weighted by molar-refractivity contribution is -0.125. The van der Waals surface area contributed by atoms with Gasteiger partial charge in [0.25, 0.3) is 0 Å². The summed E-state index contributed by atoms with van der Waals surface area (Å²) in [5.74, 6) is 0.543. The van der Waals surface area contributed by atoms with Gasteiger partial charge in [-0.15, -0.1) is 0 Å². The summed E-state index contributed by atoms with van der Waals surface area (Å²) in [4.78, 5) is 12.2. The van der Waals surface area contributed by atoms with Gasteiger partial charge < -0.3 is 14.5 Å². The first-order chi connectivity index (χ1) is 11.0. The summed E-state index contributed by atoms with van der Waals surface area (Å²) in [6.07, 6.45) is 5.66. The molecule has 130 valence electrons. The Morgan fingerprint density at radius 2 is 2.30 bits per heavy atom. The smallest absolute Gasteiger partial charge is 0.238 e. The number of nitrogens with one attached hydrogen (secondary N) is 1. The van der Waals surface area contributed by atoms with Crippen LogP contribution in [0.5, 0.6) is 0 Å². The van der Waals surface area contributed by atoms with Crippen LogP contribution >= 0.6 is 0 Å². The minimum absolute atomic E-state index is 0.221. The van der Waals surface area contributed by atoms with Gasteiger partial charge in [0, 0.05) is 19.7 Å². The highest BCUT2D eigenvalue weighted by Gasteiger charge is 2.34. The van der Waals surface area contributed by atoms with Crippen molar-refractivity contribution in [2.24, 2.45) is 0 Å². The molecule has 8 heteroatoms. The van der Waals surface area contributed by atoms with E-state index in [1.54, 1.807) is 12.3 Å². The molecule has 0 spiro atoms.